The molecule has 0 bridgehead atoms. The first-order valence-corrected chi connectivity index (χ1v) is 6.11. The van der Waals surface area contributed by atoms with Crippen molar-refractivity contribution in [3.63, 3.8) is 0 Å². The normalized spacial score (nSPS) is 12.5. The summed E-state index contributed by atoms with van der Waals surface area (Å²) < 4.78 is 6.93. The van der Waals surface area contributed by atoms with E-state index in [-0.39, 0.29) is 11.8 Å². The average Bonchev–Trinajstić information content (AvgIpc) is 2.87. The van der Waals surface area contributed by atoms with Crippen LogP contribution in [-0.4, -0.2) is 33.6 Å². The molecule has 0 fully saturated rings. The fraction of sp³-hybridized carbons (Fsp3) is 0.385. The molecule has 0 aliphatic rings. The Morgan fingerprint density at radius 3 is 2.79 bits per heavy atom. The van der Waals surface area contributed by atoms with Gasteiger partial charge in [-0.2, -0.15) is 0 Å². The quantitative estimate of drug-likeness (QED) is 0.806. The Balaban J connectivity index is 2.05. The van der Waals surface area contributed by atoms with E-state index in [4.69, 9.17) is 10.5 Å². The van der Waals surface area contributed by atoms with E-state index in [0.29, 0.717) is 19.6 Å². The summed E-state index contributed by atoms with van der Waals surface area (Å²) in [7, 11) is 1.65. The van der Waals surface area contributed by atoms with E-state index in [2.05, 4.69) is 10.2 Å². The van der Waals surface area contributed by atoms with Gasteiger partial charge in [-0.1, -0.05) is 12.1 Å². The largest absolute Gasteiger partial charge is 0.508 e. The first-order chi connectivity index (χ1) is 9.20. The molecule has 1 aromatic heterocycles. The second-order valence-electron chi connectivity index (χ2n) is 4.35. The highest BCUT2D eigenvalue weighted by Gasteiger charge is 2.14. The van der Waals surface area contributed by atoms with Gasteiger partial charge < -0.3 is 20.1 Å². The first kappa shape index (κ1) is 13.5. The highest BCUT2D eigenvalue weighted by molar-refractivity contribution is 5.26. The van der Waals surface area contributed by atoms with Crippen LogP contribution in [-0.2, 0) is 17.7 Å². The van der Waals surface area contributed by atoms with E-state index in [1.54, 1.807) is 25.6 Å². The summed E-state index contributed by atoms with van der Waals surface area (Å²) in [4.78, 5) is 0. The Hall–Kier alpha value is -1.92. The first-order valence-electron chi connectivity index (χ1n) is 6.11. The smallest absolute Gasteiger partial charge is 0.150 e. The summed E-state index contributed by atoms with van der Waals surface area (Å²) in [5.74, 6) is 0.991. The molecule has 1 atom stereocenters. The molecule has 0 radical (unpaired) electrons. The van der Waals surface area contributed by atoms with Crippen LogP contribution in [0.3, 0.4) is 0 Å². The van der Waals surface area contributed by atoms with E-state index in [0.717, 1.165) is 11.4 Å². The van der Waals surface area contributed by atoms with E-state index < -0.39 is 0 Å². The minimum Gasteiger partial charge on any atom is -0.508 e. The summed E-state index contributed by atoms with van der Waals surface area (Å²) >= 11 is 0. The summed E-state index contributed by atoms with van der Waals surface area (Å²) in [6, 6.07) is 6.77. The minimum absolute atomic E-state index is 0.233. The van der Waals surface area contributed by atoms with Crippen molar-refractivity contribution in [2.75, 3.05) is 13.7 Å². The van der Waals surface area contributed by atoms with E-state index >= 15 is 0 Å². The standard InChI is InChI=1S/C13H18N4O2/c1-19-7-6-17-9-15-16-13(17)12(14)8-10-2-4-11(18)5-3-10/h2-5,9,12,18H,6-8,14H2,1H3/t12-/m0/s1. The van der Waals surface area contributed by atoms with Gasteiger partial charge in [-0.3, -0.25) is 0 Å². The molecule has 3 N–H and O–H groups in total. The Kier molecular flexibility index (Phi) is 4.48. The maximum atomic E-state index is 9.24. The number of nitrogens with zero attached hydrogens (tertiary/aromatic N) is 3. The van der Waals surface area contributed by atoms with Crippen LogP contribution in [0.2, 0.25) is 0 Å². The van der Waals surface area contributed by atoms with Gasteiger partial charge in [0.25, 0.3) is 0 Å². The predicted molar refractivity (Wildman–Crippen MR) is 70.6 cm³/mol. The number of aromatic hydroxyl groups is 1. The van der Waals surface area contributed by atoms with E-state index in [9.17, 15) is 5.11 Å². The van der Waals surface area contributed by atoms with Crippen molar-refractivity contribution >= 4 is 0 Å². The lowest BCUT2D eigenvalue weighted by molar-refractivity contribution is 0.185. The molecule has 2 rings (SSSR count). The van der Waals surface area contributed by atoms with Gasteiger partial charge in [-0.05, 0) is 24.1 Å². The zero-order chi connectivity index (χ0) is 13.7. The third kappa shape index (κ3) is 3.52. The van der Waals surface area contributed by atoms with E-state index in [1.807, 2.05) is 16.7 Å². The lowest BCUT2D eigenvalue weighted by Gasteiger charge is -2.13. The number of hydrogen-bond acceptors (Lipinski definition) is 5. The molecule has 0 spiro atoms. The number of benzene rings is 1. The van der Waals surface area contributed by atoms with Crippen molar-refractivity contribution in [2.45, 2.75) is 19.0 Å². The second-order valence-corrected chi connectivity index (χ2v) is 4.35. The molecule has 0 saturated heterocycles. The molecular formula is C13H18N4O2. The lowest BCUT2D eigenvalue weighted by atomic mass is 10.1. The van der Waals surface area contributed by atoms with Crippen molar-refractivity contribution in [1.29, 1.82) is 0 Å². The molecule has 102 valence electrons. The number of phenolic OH excluding ortho intramolecular Hbond substituents is 1. The number of phenols is 1. The van der Waals surface area contributed by atoms with Gasteiger partial charge in [0.05, 0.1) is 12.6 Å². The molecular weight excluding hydrogens is 244 g/mol. The zero-order valence-corrected chi connectivity index (χ0v) is 10.9. The topological polar surface area (TPSA) is 86.2 Å². The van der Waals surface area contributed by atoms with Gasteiger partial charge in [0.1, 0.15) is 17.9 Å². The van der Waals surface area contributed by atoms with Crippen molar-refractivity contribution in [3.05, 3.63) is 42.0 Å². The summed E-state index contributed by atoms with van der Waals surface area (Å²) in [6.45, 7) is 1.28. The third-order valence-electron chi connectivity index (χ3n) is 2.91. The van der Waals surface area contributed by atoms with Gasteiger partial charge in [0, 0.05) is 13.7 Å². The molecule has 0 amide bonds. The van der Waals surface area contributed by atoms with Crippen molar-refractivity contribution in [3.8, 4) is 5.75 Å². The summed E-state index contributed by atoms with van der Waals surface area (Å²) in [6.07, 6.45) is 2.30. The molecule has 19 heavy (non-hydrogen) atoms. The number of ether oxygens (including phenoxy) is 1. The molecule has 1 heterocycles. The van der Waals surface area contributed by atoms with Gasteiger partial charge in [0.2, 0.25) is 0 Å². The van der Waals surface area contributed by atoms with Crippen LogP contribution in [0.5, 0.6) is 5.75 Å². The van der Waals surface area contributed by atoms with Crippen LogP contribution in [0.1, 0.15) is 17.4 Å². The molecule has 0 saturated carbocycles. The van der Waals surface area contributed by atoms with Crippen LogP contribution >= 0.6 is 0 Å². The highest BCUT2D eigenvalue weighted by Crippen LogP contribution is 2.16. The monoisotopic (exact) mass is 262 g/mol. The number of hydrogen-bond donors (Lipinski definition) is 2. The van der Waals surface area contributed by atoms with Crippen LogP contribution < -0.4 is 5.73 Å². The lowest BCUT2D eigenvalue weighted by Crippen LogP contribution is -2.20. The van der Waals surface area contributed by atoms with Gasteiger partial charge >= 0.3 is 0 Å². The Morgan fingerprint density at radius 1 is 1.37 bits per heavy atom. The molecule has 6 heteroatoms. The highest BCUT2D eigenvalue weighted by atomic mass is 16.5. The predicted octanol–water partition coefficient (Wildman–Crippen LogP) is 0.873. The number of methoxy groups -OCH3 is 1. The fourth-order valence-corrected chi connectivity index (χ4v) is 1.89. The maximum absolute atomic E-state index is 9.24. The Bertz CT molecular complexity index is 510. The molecule has 6 nitrogen and oxygen atoms in total. The number of aromatic nitrogens is 3. The molecule has 2 aromatic rings. The summed E-state index contributed by atoms with van der Waals surface area (Å²) in [5, 5.41) is 17.2. The van der Waals surface area contributed by atoms with Crippen LogP contribution in [0.4, 0.5) is 0 Å². The van der Waals surface area contributed by atoms with E-state index in [1.165, 1.54) is 0 Å². The van der Waals surface area contributed by atoms with Crippen LogP contribution in [0.15, 0.2) is 30.6 Å². The van der Waals surface area contributed by atoms with Crippen molar-refractivity contribution < 1.29 is 9.84 Å². The van der Waals surface area contributed by atoms with Crippen molar-refractivity contribution in [2.24, 2.45) is 5.73 Å². The SMILES string of the molecule is COCCn1cnnc1[C@@H](N)Cc1ccc(O)cc1. The van der Waals surface area contributed by atoms with Crippen LogP contribution in [0.25, 0.3) is 0 Å². The zero-order valence-electron chi connectivity index (χ0n) is 10.9. The van der Waals surface area contributed by atoms with Crippen LogP contribution in [0, 0.1) is 0 Å². The minimum atomic E-state index is -0.233. The number of rotatable bonds is 6. The second kappa shape index (κ2) is 6.31. The van der Waals surface area contributed by atoms with Crippen molar-refractivity contribution in [1.82, 2.24) is 14.8 Å². The van der Waals surface area contributed by atoms with Gasteiger partial charge in [0.15, 0.2) is 0 Å². The molecule has 0 aliphatic heterocycles. The summed E-state index contributed by atoms with van der Waals surface area (Å²) in [5.41, 5.74) is 7.20. The molecule has 1 aromatic carbocycles. The van der Waals surface area contributed by atoms with Gasteiger partial charge in [-0.25, -0.2) is 0 Å². The third-order valence-corrected chi connectivity index (χ3v) is 2.91. The van der Waals surface area contributed by atoms with Gasteiger partial charge in [-0.15, -0.1) is 10.2 Å². The fourth-order valence-electron chi connectivity index (χ4n) is 1.89. The molecule has 0 unspecified atom stereocenters. The Morgan fingerprint density at radius 2 is 2.11 bits per heavy atom. The molecule has 0 aliphatic carbocycles. The average molecular weight is 262 g/mol. The maximum Gasteiger partial charge on any atom is 0.150 e. The number of nitrogens with two attached hydrogens (primary N) is 1. The Labute approximate surface area is 111 Å².